The third-order valence-corrected chi connectivity index (χ3v) is 6.09. The maximum absolute atomic E-state index is 12.9. The standard InChI is InChI=1S/C24H33N5OS/c1-16(2)15-28-22(26-27-24(28)31-6)12-9-13-25-23(30)20-14-18(4)29(19(20)5)21-11-8-7-10-17(21)3/h7-8,10-11,14,16H,9,12-13,15H2,1-6H3,(H,25,30). The van der Waals surface area contributed by atoms with Crippen molar-refractivity contribution in [1.82, 2.24) is 24.6 Å². The van der Waals surface area contributed by atoms with E-state index in [4.69, 9.17) is 0 Å². The minimum absolute atomic E-state index is 0.0265. The van der Waals surface area contributed by atoms with Crippen molar-refractivity contribution >= 4 is 17.7 Å². The fourth-order valence-electron chi connectivity index (χ4n) is 3.92. The molecule has 0 atom stereocenters. The van der Waals surface area contributed by atoms with E-state index in [2.05, 4.69) is 57.6 Å². The topological polar surface area (TPSA) is 64.7 Å². The SMILES string of the molecule is CSc1nnc(CCCNC(=O)c2cc(C)n(-c3ccccc3C)c2C)n1CC(C)C. The van der Waals surface area contributed by atoms with Crippen LogP contribution in [-0.2, 0) is 13.0 Å². The van der Waals surface area contributed by atoms with E-state index < -0.39 is 0 Å². The molecule has 1 N–H and O–H groups in total. The number of nitrogens with one attached hydrogen (secondary N) is 1. The number of amides is 1. The van der Waals surface area contributed by atoms with Gasteiger partial charge in [-0.05, 0) is 57.1 Å². The molecule has 3 rings (SSSR count). The molecule has 0 fully saturated rings. The summed E-state index contributed by atoms with van der Waals surface area (Å²) in [6.45, 7) is 12.1. The van der Waals surface area contributed by atoms with Gasteiger partial charge in [-0.25, -0.2) is 0 Å². The Kier molecular flexibility index (Phi) is 7.59. The molecule has 6 nitrogen and oxygen atoms in total. The van der Waals surface area contributed by atoms with Gasteiger partial charge >= 0.3 is 0 Å². The number of aryl methyl sites for hydroxylation is 3. The lowest BCUT2D eigenvalue weighted by Crippen LogP contribution is -2.25. The van der Waals surface area contributed by atoms with E-state index in [-0.39, 0.29) is 5.91 Å². The molecule has 1 aromatic carbocycles. The summed E-state index contributed by atoms with van der Waals surface area (Å²) in [7, 11) is 0. The number of carbonyl (C=O) groups excluding carboxylic acids is 1. The molecule has 1 amide bonds. The van der Waals surface area contributed by atoms with Crippen molar-refractivity contribution in [3.8, 4) is 5.69 Å². The summed E-state index contributed by atoms with van der Waals surface area (Å²) in [6.07, 6.45) is 3.65. The molecule has 0 saturated carbocycles. The minimum Gasteiger partial charge on any atom is -0.352 e. The molecule has 31 heavy (non-hydrogen) atoms. The van der Waals surface area contributed by atoms with Crippen molar-refractivity contribution in [2.24, 2.45) is 5.92 Å². The van der Waals surface area contributed by atoms with E-state index >= 15 is 0 Å². The zero-order chi connectivity index (χ0) is 22.5. The molecule has 0 aliphatic heterocycles. The van der Waals surface area contributed by atoms with Crippen molar-refractivity contribution in [3.05, 3.63) is 58.7 Å². The van der Waals surface area contributed by atoms with E-state index in [1.165, 1.54) is 5.56 Å². The largest absolute Gasteiger partial charge is 0.352 e. The van der Waals surface area contributed by atoms with Gasteiger partial charge in [0.25, 0.3) is 5.91 Å². The summed E-state index contributed by atoms with van der Waals surface area (Å²) in [5.41, 5.74) is 5.05. The van der Waals surface area contributed by atoms with Gasteiger partial charge in [0.1, 0.15) is 5.82 Å². The maximum atomic E-state index is 12.9. The number of carbonyl (C=O) groups is 1. The van der Waals surface area contributed by atoms with Gasteiger partial charge in [0, 0.05) is 36.6 Å². The molecule has 3 aromatic rings. The number of thioether (sulfide) groups is 1. The second-order valence-corrected chi connectivity index (χ2v) is 9.15. The first-order valence-electron chi connectivity index (χ1n) is 10.8. The molecule has 0 aliphatic rings. The van der Waals surface area contributed by atoms with Crippen LogP contribution in [0.1, 0.15) is 53.4 Å². The normalized spacial score (nSPS) is 11.3. The summed E-state index contributed by atoms with van der Waals surface area (Å²) in [6, 6.07) is 10.2. The van der Waals surface area contributed by atoms with Crippen LogP contribution < -0.4 is 5.32 Å². The van der Waals surface area contributed by atoms with Gasteiger partial charge in [0.2, 0.25) is 0 Å². The Balaban J connectivity index is 1.63. The molecule has 166 valence electrons. The van der Waals surface area contributed by atoms with Crippen molar-refractivity contribution in [2.45, 2.75) is 59.2 Å². The molecule has 0 unspecified atom stereocenters. The van der Waals surface area contributed by atoms with Gasteiger partial charge in [-0.3, -0.25) is 4.79 Å². The smallest absolute Gasteiger partial charge is 0.253 e. The van der Waals surface area contributed by atoms with E-state index in [1.54, 1.807) is 11.8 Å². The predicted molar refractivity (Wildman–Crippen MR) is 127 cm³/mol. The van der Waals surface area contributed by atoms with Crippen LogP contribution in [0.25, 0.3) is 5.69 Å². The first-order chi connectivity index (χ1) is 14.8. The number of rotatable bonds is 9. The lowest BCUT2D eigenvalue weighted by atomic mass is 10.2. The monoisotopic (exact) mass is 439 g/mol. The van der Waals surface area contributed by atoms with Gasteiger partial charge in [0.05, 0.1) is 5.56 Å². The summed E-state index contributed by atoms with van der Waals surface area (Å²) in [5, 5.41) is 12.7. The van der Waals surface area contributed by atoms with Gasteiger partial charge < -0.3 is 14.5 Å². The Labute approximate surface area is 189 Å². The van der Waals surface area contributed by atoms with Crippen LogP contribution in [0.2, 0.25) is 0 Å². The molecular formula is C24H33N5OS. The zero-order valence-corrected chi connectivity index (χ0v) is 20.2. The molecule has 0 radical (unpaired) electrons. The second-order valence-electron chi connectivity index (χ2n) is 8.37. The minimum atomic E-state index is -0.0265. The van der Waals surface area contributed by atoms with E-state index in [0.29, 0.717) is 12.5 Å². The molecule has 7 heteroatoms. The number of aromatic nitrogens is 4. The fourth-order valence-corrected chi connectivity index (χ4v) is 4.45. The number of hydrogen-bond donors (Lipinski definition) is 1. The van der Waals surface area contributed by atoms with E-state index in [1.807, 2.05) is 38.3 Å². The number of nitrogens with zero attached hydrogens (tertiary/aromatic N) is 4. The highest BCUT2D eigenvalue weighted by atomic mass is 32.2. The summed E-state index contributed by atoms with van der Waals surface area (Å²) in [5.74, 6) is 1.50. The van der Waals surface area contributed by atoms with Crippen LogP contribution in [0.3, 0.4) is 0 Å². The van der Waals surface area contributed by atoms with Crippen molar-refractivity contribution in [1.29, 1.82) is 0 Å². The molecular weight excluding hydrogens is 406 g/mol. The molecule has 0 bridgehead atoms. The van der Waals surface area contributed by atoms with E-state index in [0.717, 1.165) is 53.0 Å². The fraction of sp³-hybridized carbons (Fsp3) is 0.458. The first-order valence-corrected chi connectivity index (χ1v) is 12.0. The summed E-state index contributed by atoms with van der Waals surface area (Å²) in [4.78, 5) is 12.9. The average molecular weight is 440 g/mol. The Morgan fingerprint density at radius 2 is 1.90 bits per heavy atom. The average Bonchev–Trinajstić information content (AvgIpc) is 3.25. The Morgan fingerprint density at radius 3 is 2.58 bits per heavy atom. The molecule has 0 saturated heterocycles. The molecule has 2 aromatic heterocycles. The lowest BCUT2D eigenvalue weighted by Gasteiger charge is -2.13. The lowest BCUT2D eigenvalue weighted by molar-refractivity contribution is 0.0952. The number of para-hydroxylation sites is 1. The predicted octanol–water partition coefficient (Wildman–Crippen LogP) is 4.73. The molecule has 2 heterocycles. The Bertz CT molecular complexity index is 1050. The van der Waals surface area contributed by atoms with Crippen LogP contribution in [0, 0.1) is 26.7 Å². The zero-order valence-electron chi connectivity index (χ0n) is 19.4. The van der Waals surface area contributed by atoms with Crippen molar-refractivity contribution < 1.29 is 4.79 Å². The Hall–Kier alpha value is -2.54. The highest BCUT2D eigenvalue weighted by Crippen LogP contribution is 2.23. The van der Waals surface area contributed by atoms with Crippen LogP contribution in [-0.4, -0.2) is 38.0 Å². The Morgan fingerprint density at radius 1 is 1.16 bits per heavy atom. The van der Waals surface area contributed by atoms with Crippen LogP contribution in [0.4, 0.5) is 0 Å². The van der Waals surface area contributed by atoms with E-state index in [9.17, 15) is 4.79 Å². The van der Waals surface area contributed by atoms with Gasteiger partial charge in [-0.2, -0.15) is 0 Å². The van der Waals surface area contributed by atoms with Crippen LogP contribution >= 0.6 is 11.8 Å². The van der Waals surface area contributed by atoms with Gasteiger partial charge in [-0.1, -0.05) is 43.8 Å². The van der Waals surface area contributed by atoms with Gasteiger partial charge in [0.15, 0.2) is 5.16 Å². The maximum Gasteiger partial charge on any atom is 0.253 e. The molecule has 0 aliphatic carbocycles. The van der Waals surface area contributed by atoms with Crippen molar-refractivity contribution in [2.75, 3.05) is 12.8 Å². The third kappa shape index (κ3) is 5.21. The quantitative estimate of drug-likeness (QED) is 0.386. The van der Waals surface area contributed by atoms with Gasteiger partial charge in [-0.15, -0.1) is 10.2 Å². The number of hydrogen-bond acceptors (Lipinski definition) is 4. The van der Waals surface area contributed by atoms with Crippen molar-refractivity contribution in [3.63, 3.8) is 0 Å². The highest BCUT2D eigenvalue weighted by Gasteiger charge is 2.17. The highest BCUT2D eigenvalue weighted by molar-refractivity contribution is 7.98. The second kappa shape index (κ2) is 10.2. The summed E-state index contributed by atoms with van der Waals surface area (Å²) < 4.78 is 4.36. The van der Waals surface area contributed by atoms with Crippen LogP contribution in [0.15, 0.2) is 35.5 Å². The number of benzene rings is 1. The molecule has 0 spiro atoms. The van der Waals surface area contributed by atoms with Crippen LogP contribution in [0.5, 0.6) is 0 Å². The third-order valence-electron chi connectivity index (χ3n) is 5.42. The first kappa shape index (κ1) is 23.1. The summed E-state index contributed by atoms with van der Waals surface area (Å²) >= 11 is 1.62.